The average Bonchev–Trinajstić information content (AvgIpc) is 3.25. The van der Waals surface area contributed by atoms with Crippen LogP contribution in [-0.2, 0) is 0 Å². The highest BCUT2D eigenvalue weighted by Crippen LogP contribution is 2.34. The molecular formula is C14H18ClN3O. The van der Waals surface area contributed by atoms with E-state index in [1.807, 2.05) is 4.90 Å². The highest BCUT2D eigenvalue weighted by atomic mass is 35.5. The first-order chi connectivity index (χ1) is 9.13. The van der Waals surface area contributed by atoms with E-state index >= 15 is 0 Å². The Bertz CT molecular complexity index is 483. The van der Waals surface area contributed by atoms with Gasteiger partial charge in [0.1, 0.15) is 5.15 Å². The second kappa shape index (κ2) is 5.00. The van der Waals surface area contributed by atoms with Crippen molar-refractivity contribution in [2.45, 2.75) is 25.7 Å². The van der Waals surface area contributed by atoms with Crippen LogP contribution < -0.4 is 5.73 Å². The van der Waals surface area contributed by atoms with Crippen LogP contribution >= 0.6 is 11.6 Å². The molecule has 0 aromatic carbocycles. The lowest BCUT2D eigenvalue weighted by Gasteiger charge is -2.23. The summed E-state index contributed by atoms with van der Waals surface area (Å²) in [5.41, 5.74) is 6.61. The third-order valence-electron chi connectivity index (χ3n) is 3.73. The van der Waals surface area contributed by atoms with E-state index in [-0.39, 0.29) is 11.1 Å². The Morgan fingerprint density at radius 3 is 2.42 bits per heavy atom. The van der Waals surface area contributed by atoms with E-state index in [0.29, 0.717) is 23.1 Å². The quantitative estimate of drug-likeness (QED) is 0.843. The summed E-state index contributed by atoms with van der Waals surface area (Å²) in [5.74, 6) is 1.33. The van der Waals surface area contributed by atoms with Gasteiger partial charge in [0, 0.05) is 13.1 Å². The molecule has 2 fully saturated rings. The summed E-state index contributed by atoms with van der Waals surface area (Å²) in [6.45, 7) is 1.70. The number of pyridine rings is 1. The third-order valence-corrected chi connectivity index (χ3v) is 4.03. The molecule has 0 saturated heterocycles. The molecule has 1 aromatic heterocycles. The minimum absolute atomic E-state index is 0.0244. The van der Waals surface area contributed by atoms with Crippen LogP contribution in [-0.4, -0.2) is 28.9 Å². The van der Waals surface area contributed by atoms with Crippen LogP contribution in [0.5, 0.6) is 0 Å². The second-order valence-electron chi connectivity index (χ2n) is 5.70. The molecule has 0 atom stereocenters. The minimum atomic E-state index is -0.0244. The Morgan fingerprint density at radius 2 is 1.89 bits per heavy atom. The number of anilines is 1. The summed E-state index contributed by atoms with van der Waals surface area (Å²) < 4.78 is 0. The highest BCUT2D eigenvalue weighted by Gasteiger charge is 2.32. The molecule has 2 aliphatic carbocycles. The molecule has 102 valence electrons. The number of aromatic nitrogens is 1. The number of carbonyl (C=O) groups is 1. The zero-order chi connectivity index (χ0) is 13.4. The molecule has 2 saturated carbocycles. The minimum Gasteiger partial charge on any atom is -0.397 e. The first-order valence-electron chi connectivity index (χ1n) is 6.84. The van der Waals surface area contributed by atoms with Crippen LogP contribution in [0, 0.1) is 11.8 Å². The van der Waals surface area contributed by atoms with E-state index in [9.17, 15) is 4.79 Å². The topological polar surface area (TPSA) is 59.2 Å². The van der Waals surface area contributed by atoms with Crippen LogP contribution in [0.15, 0.2) is 12.3 Å². The van der Waals surface area contributed by atoms with Crippen LogP contribution in [0.25, 0.3) is 0 Å². The van der Waals surface area contributed by atoms with Crippen molar-refractivity contribution in [1.29, 1.82) is 0 Å². The van der Waals surface area contributed by atoms with Gasteiger partial charge < -0.3 is 10.6 Å². The van der Waals surface area contributed by atoms with E-state index in [2.05, 4.69) is 4.98 Å². The van der Waals surface area contributed by atoms with Crippen molar-refractivity contribution in [1.82, 2.24) is 9.88 Å². The molecule has 2 N–H and O–H groups in total. The smallest absolute Gasteiger partial charge is 0.257 e. The molecule has 0 aliphatic heterocycles. The SMILES string of the molecule is Nc1cnc(Cl)c(C(=O)N(CC2CC2)CC2CC2)c1. The van der Waals surface area contributed by atoms with Crippen LogP contribution in [0.4, 0.5) is 5.69 Å². The normalized spacial score (nSPS) is 18.4. The lowest BCUT2D eigenvalue weighted by Crippen LogP contribution is -2.35. The fourth-order valence-corrected chi connectivity index (χ4v) is 2.43. The van der Waals surface area contributed by atoms with Crippen molar-refractivity contribution in [2.75, 3.05) is 18.8 Å². The number of amides is 1. The van der Waals surface area contributed by atoms with Crippen LogP contribution in [0.3, 0.4) is 0 Å². The molecule has 19 heavy (non-hydrogen) atoms. The zero-order valence-electron chi connectivity index (χ0n) is 10.8. The predicted octanol–water partition coefficient (Wildman–Crippen LogP) is 2.58. The van der Waals surface area contributed by atoms with Crippen molar-refractivity contribution in [2.24, 2.45) is 11.8 Å². The van der Waals surface area contributed by atoms with Crippen molar-refractivity contribution in [3.05, 3.63) is 23.0 Å². The first kappa shape index (κ1) is 12.7. The van der Waals surface area contributed by atoms with Crippen molar-refractivity contribution >= 4 is 23.2 Å². The maximum absolute atomic E-state index is 12.6. The summed E-state index contributed by atoms with van der Waals surface area (Å²) in [7, 11) is 0. The Kier molecular flexibility index (Phi) is 3.35. The number of nitrogens with two attached hydrogens (primary N) is 1. The van der Waals surface area contributed by atoms with Crippen molar-refractivity contribution in [3.63, 3.8) is 0 Å². The van der Waals surface area contributed by atoms with E-state index < -0.39 is 0 Å². The molecule has 0 bridgehead atoms. The molecule has 1 aromatic rings. The van der Waals surface area contributed by atoms with E-state index in [1.54, 1.807) is 6.07 Å². The van der Waals surface area contributed by atoms with Gasteiger partial charge in [-0.1, -0.05) is 11.6 Å². The molecule has 4 nitrogen and oxygen atoms in total. The lowest BCUT2D eigenvalue weighted by molar-refractivity contribution is 0.0739. The number of halogens is 1. The number of carbonyl (C=O) groups excluding carboxylic acids is 1. The van der Waals surface area contributed by atoms with Gasteiger partial charge in [-0.25, -0.2) is 4.98 Å². The summed E-state index contributed by atoms with van der Waals surface area (Å²) in [4.78, 5) is 18.5. The molecule has 0 spiro atoms. The van der Waals surface area contributed by atoms with E-state index in [1.165, 1.54) is 31.9 Å². The number of hydrogen-bond donors (Lipinski definition) is 1. The van der Waals surface area contributed by atoms with Gasteiger partial charge in [-0.3, -0.25) is 4.79 Å². The lowest BCUT2D eigenvalue weighted by atomic mass is 10.2. The van der Waals surface area contributed by atoms with E-state index in [4.69, 9.17) is 17.3 Å². The number of nitrogen functional groups attached to an aromatic ring is 1. The van der Waals surface area contributed by atoms with Crippen molar-refractivity contribution in [3.8, 4) is 0 Å². The summed E-state index contributed by atoms with van der Waals surface area (Å²) in [5, 5.41) is 0.246. The Balaban J connectivity index is 1.78. The fraction of sp³-hybridized carbons (Fsp3) is 0.571. The molecule has 1 amide bonds. The Labute approximate surface area is 117 Å². The third kappa shape index (κ3) is 3.18. The maximum Gasteiger partial charge on any atom is 0.257 e. The van der Waals surface area contributed by atoms with Gasteiger partial charge >= 0.3 is 0 Å². The molecule has 1 heterocycles. The van der Waals surface area contributed by atoms with Gasteiger partial charge in [0.05, 0.1) is 17.4 Å². The van der Waals surface area contributed by atoms with Gasteiger partial charge in [0.15, 0.2) is 0 Å². The molecule has 3 rings (SSSR count). The van der Waals surface area contributed by atoms with Crippen molar-refractivity contribution < 1.29 is 4.79 Å². The molecule has 0 unspecified atom stereocenters. The van der Waals surface area contributed by atoms with Crippen LogP contribution in [0.1, 0.15) is 36.0 Å². The highest BCUT2D eigenvalue weighted by molar-refractivity contribution is 6.32. The first-order valence-corrected chi connectivity index (χ1v) is 7.21. The number of rotatable bonds is 5. The van der Waals surface area contributed by atoms with E-state index in [0.717, 1.165) is 13.1 Å². The Hall–Kier alpha value is -1.29. The number of hydrogen-bond acceptors (Lipinski definition) is 3. The van der Waals surface area contributed by atoms with Gasteiger partial charge in [0.25, 0.3) is 5.91 Å². The Morgan fingerprint density at radius 1 is 1.32 bits per heavy atom. The second-order valence-corrected chi connectivity index (χ2v) is 6.06. The molecule has 0 radical (unpaired) electrons. The molecule has 5 heteroatoms. The van der Waals surface area contributed by atoms with Gasteiger partial charge in [0.2, 0.25) is 0 Å². The number of nitrogens with zero attached hydrogens (tertiary/aromatic N) is 2. The van der Waals surface area contributed by atoms with Gasteiger partial charge in [-0.2, -0.15) is 0 Å². The summed E-state index contributed by atoms with van der Waals surface area (Å²) in [6.07, 6.45) is 6.41. The maximum atomic E-state index is 12.6. The van der Waals surface area contributed by atoms with Crippen LogP contribution in [0.2, 0.25) is 5.15 Å². The monoisotopic (exact) mass is 279 g/mol. The predicted molar refractivity (Wildman–Crippen MR) is 75.0 cm³/mol. The standard InChI is InChI=1S/C14H18ClN3O/c15-13-12(5-11(16)6-17-13)14(19)18(7-9-1-2-9)8-10-3-4-10/h5-6,9-10H,1-4,7-8,16H2. The summed E-state index contributed by atoms with van der Waals surface area (Å²) >= 11 is 6.03. The summed E-state index contributed by atoms with van der Waals surface area (Å²) in [6, 6.07) is 1.63. The fourth-order valence-electron chi connectivity index (χ4n) is 2.25. The van der Waals surface area contributed by atoms with Gasteiger partial charge in [-0.05, 0) is 43.6 Å². The largest absolute Gasteiger partial charge is 0.397 e. The average molecular weight is 280 g/mol. The molecule has 2 aliphatic rings. The zero-order valence-corrected chi connectivity index (χ0v) is 11.6. The molecular weight excluding hydrogens is 262 g/mol. The van der Waals surface area contributed by atoms with Gasteiger partial charge in [-0.15, -0.1) is 0 Å².